The Morgan fingerprint density at radius 1 is 1.42 bits per heavy atom. The number of esters is 1. The minimum absolute atomic E-state index is 0.144. The fourth-order valence-electron chi connectivity index (χ4n) is 3.14. The SMILES string of the molecule is CCOC(=O)[C@H]1CCCN([C@H](C)C(=O)Nc2cc(C)c(Cl)cc2OC)C1. The molecule has 1 aromatic rings. The molecule has 1 heterocycles. The van der Waals surface area contributed by atoms with E-state index in [1.54, 1.807) is 19.1 Å². The molecule has 6 nitrogen and oxygen atoms in total. The largest absolute Gasteiger partial charge is 0.495 e. The van der Waals surface area contributed by atoms with Gasteiger partial charge in [-0.15, -0.1) is 0 Å². The first-order valence-corrected chi connectivity index (χ1v) is 9.30. The van der Waals surface area contributed by atoms with E-state index in [1.807, 2.05) is 18.7 Å². The molecule has 1 aromatic carbocycles. The third kappa shape index (κ3) is 4.89. The number of halogens is 1. The summed E-state index contributed by atoms with van der Waals surface area (Å²) in [5, 5.41) is 3.50. The zero-order valence-corrected chi connectivity index (χ0v) is 16.6. The lowest BCUT2D eigenvalue weighted by Crippen LogP contribution is -2.48. The van der Waals surface area contributed by atoms with Crippen LogP contribution in [-0.2, 0) is 14.3 Å². The number of nitrogens with zero attached hydrogens (tertiary/aromatic N) is 1. The number of nitrogens with one attached hydrogen (secondary N) is 1. The van der Waals surface area contributed by atoms with Crippen LogP contribution in [0.5, 0.6) is 5.75 Å². The van der Waals surface area contributed by atoms with Crippen LogP contribution in [0.15, 0.2) is 12.1 Å². The van der Waals surface area contributed by atoms with Crippen LogP contribution in [0.2, 0.25) is 5.02 Å². The molecule has 0 saturated carbocycles. The molecular formula is C19H27ClN2O4. The Balaban J connectivity index is 2.05. The number of hydrogen-bond acceptors (Lipinski definition) is 5. The number of rotatable bonds is 6. The molecule has 1 fully saturated rings. The maximum absolute atomic E-state index is 12.7. The van der Waals surface area contributed by atoms with Crippen molar-refractivity contribution in [2.45, 2.75) is 39.7 Å². The number of carbonyl (C=O) groups excluding carboxylic acids is 2. The van der Waals surface area contributed by atoms with E-state index in [1.165, 1.54) is 7.11 Å². The Kier molecular flexibility index (Phi) is 7.29. The lowest BCUT2D eigenvalue weighted by Gasteiger charge is -2.35. The summed E-state index contributed by atoms with van der Waals surface area (Å²) in [6.45, 7) is 7.20. The van der Waals surface area contributed by atoms with Gasteiger partial charge in [-0.1, -0.05) is 11.6 Å². The van der Waals surface area contributed by atoms with E-state index in [0.29, 0.717) is 29.6 Å². The minimum atomic E-state index is -0.368. The maximum atomic E-state index is 12.7. The summed E-state index contributed by atoms with van der Waals surface area (Å²) >= 11 is 6.11. The number of aryl methyl sites for hydroxylation is 1. The van der Waals surface area contributed by atoms with Gasteiger partial charge in [0.2, 0.25) is 5.91 Å². The molecule has 0 unspecified atom stereocenters. The Bertz CT molecular complexity index is 665. The van der Waals surface area contributed by atoms with Gasteiger partial charge in [-0.25, -0.2) is 0 Å². The summed E-state index contributed by atoms with van der Waals surface area (Å²) in [5.41, 5.74) is 1.45. The third-order valence-corrected chi connectivity index (χ3v) is 5.15. The molecule has 1 amide bonds. The number of methoxy groups -OCH3 is 1. The Morgan fingerprint density at radius 2 is 2.15 bits per heavy atom. The van der Waals surface area contributed by atoms with E-state index in [0.717, 1.165) is 24.9 Å². The number of likely N-dealkylation sites (tertiary alicyclic amines) is 1. The quantitative estimate of drug-likeness (QED) is 0.765. The summed E-state index contributed by atoms with van der Waals surface area (Å²) < 4.78 is 10.4. The van der Waals surface area contributed by atoms with Crippen LogP contribution in [0.3, 0.4) is 0 Å². The lowest BCUT2D eigenvalue weighted by atomic mass is 9.97. The lowest BCUT2D eigenvalue weighted by molar-refractivity contribution is -0.150. The fraction of sp³-hybridized carbons (Fsp3) is 0.579. The van der Waals surface area contributed by atoms with Crippen molar-refractivity contribution in [2.24, 2.45) is 5.92 Å². The van der Waals surface area contributed by atoms with Crippen molar-refractivity contribution >= 4 is 29.2 Å². The zero-order valence-electron chi connectivity index (χ0n) is 15.8. The fourth-order valence-corrected chi connectivity index (χ4v) is 3.30. The summed E-state index contributed by atoms with van der Waals surface area (Å²) in [6, 6.07) is 3.12. The van der Waals surface area contributed by atoms with Crippen LogP contribution >= 0.6 is 11.6 Å². The van der Waals surface area contributed by atoms with E-state index in [2.05, 4.69) is 5.32 Å². The van der Waals surface area contributed by atoms with E-state index in [9.17, 15) is 9.59 Å². The van der Waals surface area contributed by atoms with Gasteiger partial charge in [0.05, 0.1) is 31.4 Å². The molecule has 0 aromatic heterocycles. The summed E-state index contributed by atoms with van der Waals surface area (Å²) in [6.07, 6.45) is 1.67. The van der Waals surface area contributed by atoms with Gasteiger partial charge in [-0.05, 0) is 51.8 Å². The van der Waals surface area contributed by atoms with Gasteiger partial charge in [0, 0.05) is 17.6 Å². The molecule has 1 N–H and O–H groups in total. The molecule has 0 radical (unpaired) electrons. The second-order valence-electron chi connectivity index (χ2n) is 6.55. The van der Waals surface area contributed by atoms with Crippen LogP contribution in [0.25, 0.3) is 0 Å². The van der Waals surface area contributed by atoms with Gasteiger partial charge in [-0.2, -0.15) is 0 Å². The van der Waals surface area contributed by atoms with E-state index < -0.39 is 0 Å². The van der Waals surface area contributed by atoms with Crippen LogP contribution < -0.4 is 10.1 Å². The van der Waals surface area contributed by atoms with Crippen molar-refractivity contribution in [3.05, 3.63) is 22.7 Å². The molecule has 2 rings (SSSR count). The molecule has 1 aliphatic heterocycles. The van der Waals surface area contributed by atoms with Gasteiger partial charge < -0.3 is 14.8 Å². The van der Waals surface area contributed by atoms with Crippen molar-refractivity contribution in [1.29, 1.82) is 0 Å². The van der Waals surface area contributed by atoms with E-state index >= 15 is 0 Å². The third-order valence-electron chi connectivity index (χ3n) is 4.74. The van der Waals surface area contributed by atoms with Crippen LogP contribution in [0, 0.1) is 12.8 Å². The van der Waals surface area contributed by atoms with Gasteiger partial charge in [0.15, 0.2) is 0 Å². The number of piperidine rings is 1. The number of hydrogen-bond donors (Lipinski definition) is 1. The monoisotopic (exact) mass is 382 g/mol. The molecule has 1 saturated heterocycles. The Hall–Kier alpha value is -1.79. The van der Waals surface area contributed by atoms with Crippen molar-refractivity contribution in [1.82, 2.24) is 4.90 Å². The predicted octanol–water partition coefficient (Wildman–Crippen LogP) is 3.26. The number of benzene rings is 1. The van der Waals surface area contributed by atoms with Crippen LogP contribution in [0.1, 0.15) is 32.3 Å². The second-order valence-corrected chi connectivity index (χ2v) is 6.96. The average molecular weight is 383 g/mol. The Morgan fingerprint density at radius 3 is 2.81 bits per heavy atom. The highest BCUT2D eigenvalue weighted by atomic mass is 35.5. The minimum Gasteiger partial charge on any atom is -0.495 e. The van der Waals surface area contributed by atoms with Gasteiger partial charge in [0.25, 0.3) is 0 Å². The molecule has 26 heavy (non-hydrogen) atoms. The molecule has 7 heteroatoms. The normalized spacial score (nSPS) is 18.9. The highest BCUT2D eigenvalue weighted by Crippen LogP contribution is 2.31. The average Bonchev–Trinajstić information content (AvgIpc) is 2.64. The number of anilines is 1. The second kappa shape index (κ2) is 9.24. The summed E-state index contributed by atoms with van der Waals surface area (Å²) in [4.78, 5) is 26.7. The summed E-state index contributed by atoms with van der Waals surface area (Å²) in [5.74, 6) is 0.0183. The molecule has 0 aliphatic carbocycles. The van der Waals surface area contributed by atoms with E-state index in [-0.39, 0.29) is 23.8 Å². The summed E-state index contributed by atoms with van der Waals surface area (Å²) in [7, 11) is 1.54. The van der Waals surface area contributed by atoms with Crippen molar-refractivity contribution in [3.8, 4) is 5.75 Å². The van der Waals surface area contributed by atoms with Gasteiger partial charge in [-0.3, -0.25) is 14.5 Å². The van der Waals surface area contributed by atoms with Crippen molar-refractivity contribution < 1.29 is 19.1 Å². The molecule has 1 aliphatic rings. The predicted molar refractivity (Wildman–Crippen MR) is 102 cm³/mol. The molecule has 0 spiro atoms. The first-order chi connectivity index (χ1) is 12.4. The highest BCUT2D eigenvalue weighted by Gasteiger charge is 2.31. The molecule has 0 bridgehead atoms. The molecular weight excluding hydrogens is 356 g/mol. The molecule has 2 atom stereocenters. The number of amides is 1. The zero-order chi connectivity index (χ0) is 19.3. The van der Waals surface area contributed by atoms with E-state index in [4.69, 9.17) is 21.1 Å². The van der Waals surface area contributed by atoms with Gasteiger partial charge >= 0.3 is 5.97 Å². The smallest absolute Gasteiger partial charge is 0.310 e. The number of ether oxygens (including phenoxy) is 2. The molecule has 144 valence electrons. The number of carbonyl (C=O) groups is 2. The van der Waals surface area contributed by atoms with Crippen LogP contribution in [-0.4, -0.2) is 49.6 Å². The van der Waals surface area contributed by atoms with Crippen molar-refractivity contribution in [3.63, 3.8) is 0 Å². The first-order valence-electron chi connectivity index (χ1n) is 8.93. The first kappa shape index (κ1) is 20.5. The van der Waals surface area contributed by atoms with Crippen LogP contribution in [0.4, 0.5) is 5.69 Å². The van der Waals surface area contributed by atoms with Crippen molar-refractivity contribution in [2.75, 3.05) is 32.1 Å². The highest BCUT2D eigenvalue weighted by molar-refractivity contribution is 6.31. The standard InChI is InChI=1S/C19H27ClN2O4/c1-5-26-19(24)14-7-6-8-22(11-14)13(3)18(23)21-16-9-12(2)15(20)10-17(16)25-4/h9-10,13-14H,5-8,11H2,1-4H3,(H,21,23)/t13-,14+/m1/s1. The topological polar surface area (TPSA) is 67.9 Å². The van der Waals surface area contributed by atoms with Gasteiger partial charge in [0.1, 0.15) is 5.75 Å². The Labute approximate surface area is 159 Å². The maximum Gasteiger partial charge on any atom is 0.310 e.